The Kier molecular flexibility index (Phi) is 31.0. The summed E-state index contributed by atoms with van der Waals surface area (Å²) in [6.45, 7) is 21.6. The normalized spacial score (nSPS) is 14.6. The van der Waals surface area contributed by atoms with Gasteiger partial charge in [0.15, 0.2) is 0 Å². The molecule has 0 amide bonds. The average molecular weight is 255 g/mol. The van der Waals surface area contributed by atoms with Crippen molar-refractivity contribution in [1.29, 1.82) is 0 Å². The summed E-state index contributed by atoms with van der Waals surface area (Å²) in [4.78, 5) is 0. The van der Waals surface area contributed by atoms with E-state index in [1.54, 1.807) is 0 Å². The number of allylic oxidation sites excluding steroid dienone is 4. The van der Waals surface area contributed by atoms with Gasteiger partial charge >= 0.3 is 0 Å². The third-order valence-electron chi connectivity index (χ3n) is 1.98. The van der Waals surface area contributed by atoms with Gasteiger partial charge in [-0.3, -0.25) is 0 Å². The zero-order valence-corrected chi connectivity index (χ0v) is 13.3. The van der Waals surface area contributed by atoms with E-state index >= 15 is 0 Å². The van der Waals surface area contributed by atoms with E-state index in [0.29, 0.717) is 0 Å². The third-order valence-corrected chi connectivity index (χ3v) is 1.98. The first kappa shape index (κ1) is 25.9. The van der Waals surface area contributed by atoms with Gasteiger partial charge in [-0.05, 0) is 52.0 Å². The highest BCUT2D eigenvalue weighted by Crippen LogP contribution is 2.26. The molecule has 1 rings (SSSR count). The van der Waals surface area contributed by atoms with E-state index in [1.165, 1.54) is 42.4 Å². The molecule has 0 atom stereocenters. The molecule has 1 saturated carbocycles. The van der Waals surface area contributed by atoms with Crippen molar-refractivity contribution in [2.75, 3.05) is 0 Å². The molecule has 18 heavy (non-hydrogen) atoms. The highest BCUT2D eigenvalue weighted by Gasteiger charge is 2.06. The predicted molar refractivity (Wildman–Crippen MR) is 91.3 cm³/mol. The van der Waals surface area contributed by atoms with Gasteiger partial charge in [-0.2, -0.15) is 0 Å². The minimum absolute atomic E-state index is 0. The van der Waals surface area contributed by atoms with Gasteiger partial charge in [0.2, 0.25) is 0 Å². The number of hydrogen-bond donors (Lipinski definition) is 0. The maximum atomic E-state index is 4.00. The molecule has 0 N–H and O–H groups in total. The molecule has 1 fully saturated rings. The molecule has 0 aliphatic heterocycles. The highest BCUT2D eigenvalue weighted by atomic mass is 14.1. The van der Waals surface area contributed by atoms with Crippen molar-refractivity contribution < 1.29 is 0 Å². The lowest BCUT2D eigenvalue weighted by atomic mass is 9.91. The summed E-state index contributed by atoms with van der Waals surface area (Å²) in [5.74, 6) is 0. The quantitative estimate of drug-likeness (QED) is 0.397. The van der Waals surface area contributed by atoms with E-state index in [-0.39, 0.29) is 7.43 Å². The van der Waals surface area contributed by atoms with Crippen LogP contribution in [0.4, 0.5) is 0 Å². The molecular weight excluding hydrogens is 216 g/mol. The predicted octanol–water partition coefficient (Wildman–Crippen LogP) is 7.33. The molecule has 1 aliphatic rings. The first-order chi connectivity index (χ1) is 8.07. The van der Waals surface area contributed by atoms with Crippen LogP contribution in [-0.2, 0) is 0 Å². The summed E-state index contributed by atoms with van der Waals surface area (Å²) in [7, 11) is 0. The summed E-state index contributed by atoms with van der Waals surface area (Å²) in [5, 5.41) is 0. The maximum absolute atomic E-state index is 4.00. The summed E-state index contributed by atoms with van der Waals surface area (Å²) < 4.78 is 0. The van der Waals surface area contributed by atoms with Gasteiger partial charge in [-0.25, -0.2) is 0 Å². The third kappa shape index (κ3) is 20.6. The second-order valence-corrected chi connectivity index (χ2v) is 3.83. The highest BCUT2D eigenvalue weighted by molar-refractivity contribution is 5.29. The Morgan fingerprint density at radius 3 is 1.56 bits per heavy atom. The summed E-state index contributed by atoms with van der Waals surface area (Å²) in [6.07, 6.45) is 7.38. The van der Waals surface area contributed by atoms with Crippen molar-refractivity contribution in [3.63, 3.8) is 0 Å². The topological polar surface area (TPSA) is 0 Å². The van der Waals surface area contributed by atoms with E-state index in [9.17, 15) is 0 Å². The smallest absolute Gasteiger partial charge is 0.0280 e. The molecule has 0 aromatic rings. The van der Waals surface area contributed by atoms with Crippen molar-refractivity contribution in [2.45, 2.75) is 81.6 Å². The molecule has 0 heterocycles. The lowest BCUT2D eigenvalue weighted by Gasteiger charge is -2.15. The van der Waals surface area contributed by atoms with Crippen molar-refractivity contribution in [3.8, 4) is 0 Å². The van der Waals surface area contributed by atoms with Gasteiger partial charge in [0, 0.05) is 0 Å². The Hall–Kier alpha value is -0.780. The Morgan fingerprint density at radius 1 is 1.00 bits per heavy atom. The van der Waals surface area contributed by atoms with Crippen LogP contribution >= 0.6 is 0 Å². The van der Waals surface area contributed by atoms with Crippen molar-refractivity contribution in [1.82, 2.24) is 0 Å². The first-order valence-corrected chi connectivity index (χ1v) is 7.03. The molecule has 0 aromatic heterocycles. The van der Waals surface area contributed by atoms with E-state index in [4.69, 9.17) is 0 Å². The molecule has 0 radical (unpaired) electrons. The lowest BCUT2D eigenvalue weighted by molar-refractivity contribution is 0.680. The SMILES string of the molecule is C.C=C(C)C.C=C1CCCC/C1=C/C.CC.CC. The molecule has 0 saturated heterocycles. The van der Waals surface area contributed by atoms with Gasteiger partial charge in [0.05, 0.1) is 0 Å². The molecule has 0 aromatic carbocycles. The van der Waals surface area contributed by atoms with E-state index in [0.717, 1.165) is 0 Å². The molecular formula is C18H38. The van der Waals surface area contributed by atoms with Gasteiger partial charge in [0.25, 0.3) is 0 Å². The van der Waals surface area contributed by atoms with Crippen LogP contribution in [0.2, 0.25) is 0 Å². The second-order valence-electron chi connectivity index (χ2n) is 3.83. The fourth-order valence-electron chi connectivity index (χ4n) is 1.34. The summed E-state index contributed by atoms with van der Waals surface area (Å²) >= 11 is 0. The Labute approximate surface area is 118 Å². The first-order valence-electron chi connectivity index (χ1n) is 7.03. The monoisotopic (exact) mass is 254 g/mol. The molecule has 0 bridgehead atoms. The number of hydrogen-bond acceptors (Lipinski definition) is 0. The van der Waals surface area contributed by atoms with Crippen LogP contribution in [0.3, 0.4) is 0 Å². The lowest BCUT2D eigenvalue weighted by Crippen LogP contribution is -1.95. The Bertz CT molecular complexity index is 202. The molecule has 0 spiro atoms. The van der Waals surface area contributed by atoms with Crippen molar-refractivity contribution in [2.24, 2.45) is 0 Å². The minimum Gasteiger partial charge on any atom is -0.100 e. The fourth-order valence-corrected chi connectivity index (χ4v) is 1.34. The van der Waals surface area contributed by atoms with Crippen molar-refractivity contribution >= 4 is 0 Å². The number of rotatable bonds is 0. The summed E-state index contributed by atoms with van der Waals surface area (Å²) in [5.41, 5.74) is 4.02. The molecule has 0 heteroatoms. The molecule has 1 aliphatic carbocycles. The van der Waals surface area contributed by atoms with Gasteiger partial charge < -0.3 is 0 Å². The standard InChI is InChI=1S/C9H14.C4H8.2C2H6.CH4/c1-3-9-7-5-4-6-8(9)2;1-4(2)3;2*1-2;/h3H,2,4-7H2,1H3;1H2,2-3H3;2*1-2H3;1H4/b9-3-;;;;. The van der Waals surface area contributed by atoms with Crippen LogP contribution < -0.4 is 0 Å². The average Bonchev–Trinajstić information content (AvgIpc) is 2.34. The fraction of sp³-hybridized carbons (Fsp3) is 0.667. The molecule has 0 nitrogen and oxygen atoms in total. The Balaban J connectivity index is -0.0000000937. The minimum atomic E-state index is 0. The van der Waals surface area contributed by atoms with Crippen LogP contribution in [-0.4, -0.2) is 0 Å². The van der Waals surface area contributed by atoms with Crippen LogP contribution in [0.1, 0.15) is 81.6 Å². The summed E-state index contributed by atoms with van der Waals surface area (Å²) in [6, 6.07) is 0. The van der Waals surface area contributed by atoms with E-state index in [1.807, 2.05) is 41.5 Å². The van der Waals surface area contributed by atoms with Gasteiger partial charge in [-0.1, -0.05) is 58.9 Å². The van der Waals surface area contributed by atoms with E-state index < -0.39 is 0 Å². The molecule has 0 unspecified atom stereocenters. The second kappa shape index (κ2) is 21.5. The zero-order valence-electron chi connectivity index (χ0n) is 13.3. The largest absolute Gasteiger partial charge is 0.100 e. The Morgan fingerprint density at radius 2 is 1.33 bits per heavy atom. The maximum Gasteiger partial charge on any atom is -0.0280 e. The van der Waals surface area contributed by atoms with Crippen LogP contribution in [0, 0.1) is 0 Å². The molecule has 110 valence electrons. The van der Waals surface area contributed by atoms with Crippen molar-refractivity contribution in [3.05, 3.63) is 36.0 Å². The van der Waals surface area contributed by atoms with Gasteiger partial charge in [-0.15, -0.1) is 6.58 Å². The van der Waals surface area contributed by atoms with Gasteiger partial charge in [0.1, 0.15) is 0 Å². The van der Waals surface area contributed by atoms with Crippen LogP contribution in [0.25, 0.3) is 0 Å². The zero-order chi connectivity index (χ0) is 14.3. The van der Waals surface area contributed by atoms with Crippen LogP contribution in [0.15, 0.2) is 36.0 Å². The van der Waals surface area contributed by atoms with E-state index in [2.05, 4.69) is 26.2 Å². The van der Waals surface area contributed by atoms with Crippen LogP contribution in [0.5, 0.6) is 0 Å².